The summed E-state index contributed by atoms with van der Waals surface area (Å²) >= 11 is 3.69. The topological polar surface area (TPSA) is 39.1 Å². The maximum absolute atomic E-state index is 9.14. The molecule has 0 bridgehead atoms. The third-order valence-electron chi connectivity index (χ3n) is 4.00. The van der Waals surface area contributed by atoms with Gasteiger partial charge in [0.2, 0.25) is 0 Å². The van der Waals surface area contributed by atoms with E-state index in [-0.39, 0.29) is 11.6 Å². The normalized spacial score (nSPS) is 22.1. The average Bonchev–Trinajstić information content (AvgIpc) is 2.50. The summed E-state index contributed by atoms with van der Waals surface area (Å²) in [6, 6.07) is 8.99. The number of nitriles is 1. The predicted molar refractivity (Wildman–Crippen MR) is 86.9 cm³/mol. The zero-order valence-corrected chi connectivity index (χ0v) is 14.0. The van der Waals surface area contributed by atoms with Gasteiger partial charge in [-0.15, -0.1) is 0 Å². The van der Waals surface area contributed by atoms with Crippen molar-refractivity contribution >= 4 is 21.6 Å². The van der Waals surface area contributed by atoms with Gasteiger partial charge in [0.25, 0.3) is 0 Å². The minimum Gasteiger partial charge on any atom is -0.360 e. The van der Waals surface area contributed by atoms with Crippen LogP contribution in [0.3, 0.4) is 0 Å². The van der Waals surface area contributed by atoms with E-state index in [1.54, 1.807) is 0 Å². The zero-order chi connectivity index (χ0) is 14.8. The minimum absolute atomic E-state index is 0.0306. The van der Waals surface area contributed by atoms with Crippen LogP contribution in [0.25, 0.3) is 0 Å². The van der Waals surface area contributed by atoms with Crippen LogP contribution in [0, 0.1) is 18.3 Å². The Morgan fingerprint density at radius 1 is 1.50 bits per heavy atom. The number of anilines is 1. The molecule has 20 heavy (non-hydrogen) atoms. The predicted octanol–water partition coefficient (Wildman–Crippen LogP) is 3.62. The summed E-state index contributed by atoms with van der Waals surface area (Å²) < 4.78 is 1.11. The molecule has 0 saturated carbocycles. The number of nitrogens with one attached hydrogen (secondary N) is 1. The monoisotopic (exact) mass is 335 g/mol. The van der Waals surface area contributed by atoms with Crippen LogP contribution in [0.1, 0.15) is 32.3 Å². The summed E-state index contributed by atoms with van der Waals surface area (Å²) in [7, 11) is 0. The molecule has 0 amide bonds. The number of halogens is 1. The van der Waals surface area contributed by atoms with Crippen molar-refractivity contribution in [2.45, 2.75) is 45.2 Å². The quantitative estimate of drug-likeness (QED) is 0.897. The summed E-state index contributed by atoms with van der Waals surface area (Å²) in [5.74, 6) is 0. The van der Waals surface area contributed by atoms with Gasteiger partial charge in [0, 0.05) is 16.6 Å². The molecule has 2 rings (SSSR count). The number of benzene rings is 1. The highest BCUT2D eigenvalue weighted by Crippen LogP contribution is 2.36. The number of nitrogens with zero attached hydrogens (tertiary/aromatic N) is 2. The Bertz CT molecular complexity index is 519. The Morgan fingerprint density at radius 2 is 2.25 bits per heavy atom. The van der Waals surface area contributed by atoms with Gasteiger partial charge < -0.3 is 10.2 Å². The van der Waals surface area contributed by atoms with Crippen molar-refractivity contribution in [1.82, 2.24) is 5.32 Å². The first kappa shape index (κ1) is 15.3. The second-order valence-corrected chi connectivity index (χ2v) is 6.96. The molecule has 1 aromatic rings. The van der Waals surface area contributed by atoms with Gasteiger partial charge in [-0.2, -0.15) is 5.26 Å². The molecule has 3 nitrogen and oxygen atoms in total. The standard InChI is InChI=1S/C16H22BrN3/c1-12-4-5-15(14(17)10-12)20-13(6-8-18)11-19-9-7-16(20,2)3/h4-5,10,13,19H,6-7,9,11H2,1-3H3. The van der Waals surface area contributed by atoms with E-state index in [0.29, 0.717) is 6.42 Å². The fourth-order valence-corrected chi connectivity index (χ4v) is 3.65. The van der Waals surface area contributed by atoms with E-state index in [0.717, 1.165) is 24.0 Å². The molecule has 1 N–H and O–H groups in total. The van der Waals surface area contributed by atoms with Crippen LogP contribution in [0.5, 0.6) is 0 Å². The van der Waals surface area contributed by atoms with Crippen molar-refractivity contribution in [3.63, 3.8) is 0 Å². The minimum atomic E-state index is 0.0306. The van der Waals surface area contributed by atoms with Gasteiger partial charge in [-0.25, -0.2) is 0 Å². The van der Waals surface area contributed by atoms with Gasteiger partial charge in [-0.1, -0.05) is 6.07 Å². The van der Waals surface area contributed by atoms with Crippen LogP contribution in [-0.2, 0) is 0 Å². The van der Waals surface area contributed by atoms with E-state index in [2.05, 4.69) is 71.2 Å². The van der Waals surface area contributed by atoms with Crippen molar-refractivity contribution in [2.24, 2.45) is 0 Å². The van der Waals surface area contributed by atoms with Gasteiger partial charge in [0.1, 0.15) is 0 Å². The van der Waals surface area contributed by atoms with E-state index in [1.807, 2.05) is 0 Å². The first-order valence-corrected chi connectivity index (χ1v) is 7.88. The van der Waals surface area contributed by atoms with E-state index in [4.69, 9.17) is 5.26 Å². The summed E-state index contributed by atoms with van der Waals surface area (Å²) in [6.07, 6.45) is 1.60. The van der Waals surface area contributed by atoms with Crippen LogP contribution in [0.4, 0.5) is 5.69 Å². The van der Waals surface area contributed by atoms with Crippen molar-refractivity contribution in [2.75, 3.05) is 18.0 Å². The van der Waals surface area contributed by atoms with E-state index >= 15 is 0 Å². The molecule has 0 radical (unpaired) electrons. The molecule has 1 atom stereocenters. The highest BCUT2D eigenvalue weighted by atomic mass is 79.9. The summed E-state index contributed by atoms with van der Waals surface area (Å²) in [5, 5.41) is 12.6. The van der Waals surface area contributed by atoms with E-state index < -0.39 is 0 Å². The van der Waals surface area contributed by atoms with Crippen LogP contribution in [-0.4, -0.2) is 24.7 Å². The first-order valence-electron chi connectivity index (χ1n) is 7.09. The summed E-state index contributed by atoms with van der Waals surface area (Å²) in [5.41, 5.74) is 2.45. The van der Waals surface area contributed by atoms with Gasteiger partial charge in [0.05, 0.1) is 24.2 Å². The number of rotatable bonds is 2. The number of hydrogen-bond acceptors (Lipinski definition) is 3. The maximum atomic E-state index is 9.14. The smallest absolute Gasteiger partial charge is 0.0643 e. The van der Waals surface area contributed by atoms with Crippen LogP contribution in [0.2, 0.25) is 0 Å². The molecule has 1 aliphatic rings. The Labute approximate surface area is 130 Å². The SMILES string of the molecule is Cc1ccc(N2C(CC#N)CNCCC2(C)C)c(Br)c1. The highest BCUT2D eigenvalue weighted by molar-refractivity contribution is 9.10. The molecule has 0 spiro atoms. The zero-order valence-electron chi connectivity index (χ0n) is 12.4. The molecular formula is C16H22BrN3. The molecule has 1 saturated heterocycles. The van der Waals surface area contributed by atoms with Crippen LogP contribution >= 0.6 is 15.9 Å². The highest BCUT2D eigenvalue weighted by Gasteiger charge is 2.35. The Morgan fingerprint density at radius 3 is 2.90 bits per heavy atom. The first-order chi connectivity index (χ1) is 9.45. The third-order valence-corrected chi connectivity index (χ3v) is 4.64. The van der Waals surface area contributed by atoms with Crippen LogP contribution in [0.15, 0.2) is 22.7 Å². The van der Waals surface area contributed by atoms with Crippen molar-refractivity contribution in [1.29, 1.82) is 5.26 Å². The largest absolute Gasteiger partial charge is 0.360 e. The molecule has 1 aromatic carbocycles. The Balaban J connectivity index is 2.47. The van der Waals surface area contributed by atoms with Crippen molar-refractivity contribution < 1.29 is 0 Å². The molecule has 0 aliphatic carbocycles. The fourth-order valence-electron chi connectivity index (χ4n) is 2.97. The lowest BCUT2D eigenvalue weighted by Gasteiger charge is -2.44. The van der Waals surface area contributed by atoms with E-state index in [1.165, 1.54) is 11.3 Å². The third kappa shape index (κ3) is 3.16. The molecule has 1 heterocycles. The molecule has 4 heteroatoms. The van der Waals surface area contributed by atoms with E-state index in [9.17, 15) is 0 Å². The second kappa shape index (κ2) is 6.15. The lowest BCUT2D eigenvalue weighted by molar-refractivity contribution is 0.418. The van der Waals surface area contributed by atoms with Gasteiger partial charge in [-0.05, 0) is 67.4 Å². The maximum Gasteiger partial charge on any atom is 0.0643 e. The Hall–Kier alpha value is -1.05. The number of hydrogen-bond donors (Lipinski definition) is 1. The molecule has 0 aromatic heterocycles. The number of aryl methyl sites for hydroxylation is 1. The lowest BCUT2D eigenvalue weighted by Crippen LogP contribution is -2.51. The van der Waals surface area contributed by atoms with Crippen molar-refractivity contribution in [3.8, 4) is 6.07 Å². The molecule has 1 fully saturated rings. The van der Waals surface area contributed by atoms with Gasteiger partial charge in [-0.3, -0.25) is 0 Å². The Kier molecular flexibility index (Phi) is 4.72. The average molecular weight is 336 g/mol. The fraction of sp³-hybridized carbons (Fsp3) is 0.562. The molecular weight excluding hydrogens is 314 g/mol. The molecule has 108 valence electrons. The van der Waals surface area contributed by atoms with Gasteiger partial charge >= 0.3 is 0 Å². The second-order valence-electron chi connectivity index (χ2n) is 6.11. The lowest BCUT2D eigenvalue weighted by atomic mass is 9.95. The summed E-state index contributed by atoms with van der Waals surface area (Å²) in [6.45, 7) is 8.47. The molecule has 1 unspecified atom stereocenters. The molecule has 1 aliphatic heterocycles. The van der Waals surface area contributed by atoms with Crippen LogP contribution < -0.4 is 10.2 Å². The van der Waals surface area contributed by atoms with Crippen molar-refractivity contribution in [3.05, 3.63) is 28.2 Å². The summed E-state index contributed by atoms with van der Waals surface area (Å²) in [4.78, 5) is 2.42. The van der Waals surface area contributed by atoms with Gasteiger partial charge in [0.15, 0.2) is 0 Å².